The first-order valence-corrected chi connectivity index (χ1v) is 30.7. The Morgan fingerprint density at radius 1 is 0.909 bits per heavy atom. The van der Waals surface area contributed by atoms with Gasteiger partial charge in [-0.25, -0.2) is 9.78 Å². The van der Waals surface area contributed by atoms with Crippen LogP contribution in [0, 0.1) is 17.8 Å². The molecule has 0 aliphatic carbocycles. The number of carbonyl (C=O) groups excluding carboxylic acids is 7. The van der Waals surface area contributed by atoms with Crippen LogP contribution in [-0.2, 0) is 60.8 Å². The van der Waals surface area contributed by atoms with Crippen LogP contribution < -0.4 is 31.7 Å². The predicted molar refractivity (Wildman–Crippen MR) is 321 cm³/mol. The summed E-state index contributed by atoms with van der Waals surface area (Å²) in [7, 11) is 3.62. The lowest BCUT2D eigenvalue weighted by Gasteiger charge is -2.44. The number of carboxylic acid groups (broad SMARTS) is 2. The van der Waals surface area contributed by atoms with E-state index in [0.29, 0.717) is 60.7 Å². The van der Waals surface area contributed by atoms with Crippen molar-refractivity contribution < 1.29 is 87.4 Å². The Hall–Kier alpha value is -7.24. The number of aliphatic hydroxyl groups excluding tert-OH is 3. The predicted octanol–water partition coefficient (Wildman–Crippen LogP) is 2.24. The highest BCUT2D eigenvalue weighted by atomic mass is 32.1. The van der Waals surface area contributed by atoms with Crippen molar-refractivity contribution in [3.8, 4) is 5.75 Å². The van der Waals surface area contributed by atoms with E-state index in [4.69, 9.17) is 24.9 Å². The van der Waals surface area contributed by atoms with Gasteiger partial charge in [0.2, 0.25) is 24.0 Å². The van der Waals surface area contributed by atoms with Gasteiger partial charge in [-0.15, -0.1) is 11.3 Å². The van der Waals surface area contributed by atoms with Crippen molar-refractivity contribution in [1.29, 1.82) is 0 Å². The molecule has 0 spiro atoms. The van der Waals surface area contributed by atoms with E-state index in [1.807, 2.05) is 72.0 Å². The topological polar surface area (TPSA) is 376 Å². The fourth-order valence-electron chi connectivity index (χ4n) is 11.4. The van der Waals surface area contributed by atoms with Gasteiger partial charge in [0.25, 0.3) is 23.6 Å². The van der Waals surface area contributed by atoms with Crippen LogP contribution in [0.3, 0.4) is 0 Å². The van der Waals surface area contributed by atoms with Gasteiger partial charge in [-0.2, -0.15) is 0 Å². The van der Waals surface area contributed by atoms with Crippen molar-refractivity contribution in [3.63, 3.8) is 0 Å². The highest BCUT2D eigenvalue weighted by Gasteiger charge is 2.49. The molecule has 2 aromatic carbocycles. The van der Waals surface area contributed by atoms with Gasteiger partial charge in [0.15, 0.2) is 12.1 Å². The first kappa shape index (κ1) is 69.9. The van der Waals surface area contributed by atoms with Gasteiger partial charge >= 0.3 is 11.9 Å². The van der Waals surface area contributed by atoms with Gasteiger partial charge in [0.05, 0.1) is 25.2 Å². The van der Waals surface area contributed by atoms with E-state index in [1.54, 1.807) is 36.4 Å². The molecule has 3 aliphatic heterocycles. The number of likely N-dealkylation sites (N-methyl/N-ethyl adjacent to an activating group) is 2. The normalized spacial score (nSPS) is 23.4. The Kier molecular flexibility index (Phi) is 25.2. The number of nitrogens with zero attached hydrogens (tertiary/aromatic N) is 4. The number of quaternary nitrogens is 1. The van der Waals surface area contributed by atoms with Gasteiger partial charge in [-0.05, 0) is 68.2 Å². The lowest BCUT2D eigenvalue weighted by atomic mass is 9.92. The van der Waals surface area contributed by atoms with Crippen molar-refractivity contribution in [2.45, 2.75) is 166 Å². The zero-order chi connectivity index (χ0) is 64.7. The molecule has 11 N–H and O–H groups in total. The molecule has 0 saturated carbocycles. The van der Waals surface area contributed by atoms with Crippen molar-refractivity contribution in [3.05, 3.63) is 87.9 Å². The number of hydrogen-bond acceptors (Lipinski definition) is 18. The summed E-state index contributed by atoms with van der Waals surface area (Å²) < 4.78 is 17.8. The third kappa shape index (κ3) is 17.8. The van der Waals surface area contributed by atoms with E-state index in [-0.39, 0.29) is 71.2 Å². The number of aromatic nitrogens is 1. The molecule has 2 unspecified atom stereocenters. The van der Waals surface area contributed by atoms with Crippen LogP contribution in [0.2, 0.25) is 0 Å². The lowest BCUT2D eigenvalue weighted by Crippen LogP contribution is -2.63. The average molecular weight is 1250 g/mol. The molecule has 3 aromatic rings. The van der Waals surface area contributed by atoms with Crippen LogP contribution >= 0.6 is 11.3 Å². The SMILES string of the molecule is CCO[C@H](C[C@H](C(C)C)N(C)C(=O)[C@@H](NC(=O)[C@H]1CCCC[N+]1(C)Cc1ccc(OC2O[C@H](C(=O)O)[C@@H](O)[C@H](O)[C@H]2O)c(NC(=O)CCNC(=O)[C@H](CN)N2C(=O)C=CC2=O)c1)[C@@H](C)CC)c1nc(C(=O)N[C@@H](Cc2ccccc2)C[C@H](C)C(=O)O)cs1. The number of imide groups is 1. The van der Waals surface area contributed by atoms with Crippen LogP contribution in [0.15, 0.2) is 66.1 Å². The Balaban J connectivity index is 1.19. The van der Waals surface area contributed by atoms with E-state index in [0.717, 1.165) is 24.1 Å². The average Bonchev–Trinajstić information content (AvgIpc) is 1.33. The number of piperidine rings is 1. The summed E-state index contributed by atoms with van der Waals surface area (Å²) in [5.41, 5.74) is 7.39. The van der Waals surface area contributed by atoms with Gasteiger partial charge in [-0.1, -0.05) is 71.4 Å². The van der Waals surface area contributed by atoms with Gasteiger partial charge in [0, 0.05) is 81.2 Å². The summed E-state index contributed by atoms with van der Waals surface area (Å²) in [4.78, 5) is 126. The number of thiazole rings is 1. The summed E-state index contributed by atoms with van der Waals surface area (Å²) in [5.74, 6) is -7.95. The molecule has 2 saturated heterocycles. The number of anilines is 1. The number of likely N-dealkylation sites (tertiary alicyclic amines) is 1. The standard InChI is InChI=1S/C61H85N9O17S/c1-9-34(5)49(58(80)68(7)41(33(3)4)29-45(85-10-2)57-66-40(32-88-57)54(77)64-38(26-35(6)59(81)82)27-36-16-12-11-13-17-36)67-56(79)43-18-14-15-25-70(43,8)31-37-19-20-44(86-61-52(76)50(74)51(75)53(87-61)60(83)84)39(28-37)65-46(71)23-24-63-55(78)42(30-62)69-47(72)21-22-48(69)73/h11-13,16-17,19-22,28,32-35,38,41-43,45,49-53,61,74-76H,9-10,14-15,18,23-27,29-31,62H2,1-8H3,(H5-,63,64,65,67,71,77,78,79,81,82,83,84)/p+1/t34-,35-,38+,41+,42-,43+,45+,49-,50-,51-,52+,53-,61?,70?/m0/s1. The van der Waals surface area contributed by atoms with Crippen molar-refractivity contribution in [2.75, 3.05) is 45.7 Å². The minimum absolute atomic E-state index is 0.0224. The Bertz CT molecular complexity index is 2970. The van der Waals surface area contributed by atoms with Crippen LogP contribution in [0.5, 0.6) is 5.75 Å². The number of carbonyl (C=O) groups is 9. The second-order valence-corrected chi connectivity index (χ2v) is 24.4. The van der Waals surface area contributed by atoms with E-state index in [1.165, 1.54) is 17.4 Å². The zero-order valence-corrected chi connectivity index (χ0v) is 51.9. The van der Waals surface area contributed by atoms with E-state index in [2.05, 4.69) is 21.3 Å². The number of rotatable bonds is 31. The third-order valence-corrected chi connectivity index (χ3v) is 17.6. The first-order valence-electron chi connectivity index (χ1n) is 29.8. The van der Waals surface area contributed by atoms with Gasteiger partial charge < -0.3 is 76.1 Å². The number of carboxylic acids is 2. The number of benzene rings is 2. The minimum atomic E-state index is -2.01. The Morgan fingerprint density at radius 2 is 1.60 bits per heavy atom. The highest BCUT2D eigenvalue weighted by molar-refractivity contribution is 7.09. The summed E-state index contributed by atoms with van der Waals surface area (Å²) in [6.45, 7) is 11.6. The Labute approximate surface area is 515 Å². The molecule has 0 bridgehead atoms. The maximum absolute atomic E-state index is 15.0. The summed E-state index contributed by atoms with van der Waals surface area (Å²) in [6.07, 6.45) is -5.44. The molecular formula is C61H86N9O17S+. The highest BCUT2D eigenvalue weighted by Crippen LogP contribution is 2.35. The number of aliphatic carboxylic acids is 2. The maximum atomic E-state index is 15.0. The number of nitrogens with one attached hydrogen (secondary N) is 4. The van der Waals surface area contributed by atoms with Crippen LogP contribution in [0.25, 0.3) is 0 Å². The number of amides is 7. The molecule has 4 heterocycles. The smallest absolute Gasteiger partial charge is 0.335 e. The number of ether oxygens (including phenoxy) is 3. The zero-order valence-electron chi connectivity index (χ0n) is 51.0. The second-order valence-electron chi connectivity index (χ2n) is 23.5. The molecule has 26 nitrogen and oxygen atoms in total. The Morgan fingerprint density at radius 3 is 2.23 bits per heavy atom. The fraction of sp³-hybridized carbons (Fsp3) is 0.574. The monoisotopic (exact) mass is 1250 g/mol. The van der Waals surface area contributed by atoms with E-state index < -0.39 is 121 Å². The molecule has 1 aromatic heterocycles. The number of aliphatic hydroxyl groups is 3. The third-order valence-electron chi connectivity index (χ3n) is 16.7. The lowest BCUT2D eigenvalue weighted by molar-refractivity contribution is -0.942. The van der Waals surface area contributed by atoms with Crippen molar-refractivity contribution in [2.24, 2.45) is 23.5 Å². The fourth-order valence-corrected chi connectivity index (χ4v) is 12.3. The quantitative estimate of drug-likeness (QED) is 0.0326. The number of nitrogens with two attached hydrogens (primary N) is 1. The number of hydrogen-bond donors (Lipinski definition) is 10. The van der Waals surface area contributed by atoms with E-state index >= 15 is 0 Å². The maximum Gasteiger partial charge on any atom is 0.335 e. The van der Waals surface area contributed by atoms with Gasteiger partial charge in [0.1, 0.15) is 59.5 Å². The van der Waals surface area contributed by atoms with Gasteiger partial charge in [-0.3, -0.25) is 43.3 Å². The largest absolute Gasteiger partial charge is 0.481 e. The summed E-state index contributed by atoms with van der Waals surface area (Å²) in [6, 6.07) is 10.2. The molecule has 88 heavy (non-hydrogen) atoms. The molecule has 3 aliphatic rings. The molecule has 0 radical (unpaired) electrons. The molecule has 14 atom stereocenters. The molecular weight excluding hydrogens is 1160 g/mol. The second kappa shape index (κ2) is 31.8. The summed E-state index contributed by atoms with van der Waals surface area (Å²) >= 11 is 1.25. The van der Waals surface area contributed by atoms with Crippen LogP contribution in [0.4, 0.5) is 5.69 Å². The summed E-state index contributed by atoms with van der Waals surface area (Å²) in [5, 5.41) is 64.7. The van der Waals surface area contributed by atoms with Crippen LogP contribution in [-0.4, -0.2) is 199 Å². The molecule has 6 rings (SSSR count). The molecule has 482 valence electrons. The molecule has 27 heteroatoms. The first-order chi connectivity index (χ1) is 41.7. The molecule has 7 amide bonds. The van der Waals surface area contributed by atoms with Crippen molar-refractivity contribution >= 4 is 70.3 Å². The van der Waals surface area contributed by atoms with Crippen molar-refractivity contribution in [1.82, 2.24) is 30.7 Å². The van der Waals surface area contributed by atoms with Crippen LogP contribution in [0.1, 0.15) is 119 Å². The molecule has 2 fully saturated rings. The van der Waals surface area contributed by atoms with E-state index in [9.17, 15) is 68.7 Å². The minimum Gasteiger partial charge on any atom is -0.481 e.